The molecule has 0 saturated heterocycles. The Morgan fingerprint density at radius 1 is 0.837 bits per heavy atom. The summed E-state index contributed by atoms with van der Waals surface area (Å²) < 4.78 is 5.39. The first-order valence-corrected chi connectivity index (χ1v) is 14.7. The van der Waals surface area contributed by atoms with Gasteiger partial charge in [-0.2, -0.15) is 0 Å². The van der Waals surface area contributed by atoms with Crippen molar-refractivity contribution in [3.05, 3.63) is 101 Å². The first-order chi connectivity index (χ1) is 20.5. The van der Waals surface area contributed by atoms with Crippen molar-refractivity contribution in [2.24, 2.45) is 0 Å². The second kappa shape index (κ2) is 14.2. The summed E-state index contributed by atoms with van der Waals surface area (Å²) in [6.45, 7) is 7.33. The van der Waals surface area contributed by atoms with Crippen molar-refractivity contribution in [2.75, 3.05) is 45.2 Å². The highest BCUT2D eigenvalue weighted by Gasteiger charge is 2.27. The van der Waals surface area contributed by atoms with Crippen LogP contribution in [-0.2, 0) is 33.8 Å². The molecule has 0 saturated carbocycles. The van der Waals surface area contributed by atoms with Gasteiger partial charge in [-0.1, -0.05) is 72.8 Å². The van der Waals surface area contributed by atoms with Crippen molar-refractivity contribution >= 4 is 23.6 Å². The summed E-state index contributed by atoms with van der Waals surface area (Å²) in [6, 6.07) is 26.2. The highest BCUT2D eigenvalue weighted by atomic mass is 16.6. The topological polar surface area (TPSA) is 85.4 Å². The largest absolute Gasteiger partial charge is 0.444 e. The number of carbonyl (C=O) groups is 3. The third kappa shape index (κ3) is 9.06. The number of nitrogens with one attached hydrogen (secondary N) is 1. The normalized spacial score (nSPS) is 12.8. The lowest BCUT2D eigenvalue weighted by Gasteiger charge is -2.32. The highest BCUT2D eigenvalue weighted by molar-refractivity contribution is 5.86. The van der Waals surface area contributed by atoms with Gasteiger partial charge in [0.1, 0.15) is 5.60 Å². The Kier molecular flexibility index (Phi) is 10.4. The van der Waals surface area contributed by atoms with Gasteiger partial charge in [0.25, 0.3) is 5.91 Å². The van der Waals surface area contributed by atoms with Crippen LogP contribution < -0.4 is 10.2 Å². The molecule has 1 aliphatic rings. The van der Waals surface area contributed by atoms with Crippen molar-refractivity contribution in [3.63, 3.8) is 0 Å². The van der Waals surface area contributed by atoms with Crippen LogP contribution in [0.1, 0.15) is 43.0 Å². The molecule has 0 atom stereocenters. The first-order valence-electron chi connectivity index (χ1n) is 14.7. The third-order valence-electron chi connectivity index (χ3n) is 7.31. The lowest BCUT2D eigenvalue weighted by atomic mass is 10.0. The molecule has 0 aliphatic carbocycles. The molecule has 0 spiro atoms. The van der Waals surface area contributed by atoms with Gasteiger partial charge >= 0.3 is 6.09 Å². The summed E-state index contributed by atoms with van der Waals surface area (Å²) in [6.07, 6.45) is 0.220. The number of para-hydroxylation sites is 1. The molecule has 3 aromatic carbocycles. The minimum Gasteiger partial charge on any atom is -0.444 e. The summed E-state index contributed by atoms with van der Waals surface area (Å²) >= 11 is 0. The van der Waals surface area contributed by atoms with E-state index in [-0.39, 0.29) is 31.4 Å². The molecule has 0 unspecified atom stereocenters. The zero-order valence-corrected chi connectivity index (χ0v) is 25.9. The van der Waals surface area contributed by atoms with E-state index in [0.29, 0.717) is 26.1 Å². The maximum atomic E-state index is 13.7. The smallest absolute Gasteiger partial charge is 0.410 e. The third-order valence-corrected chi connectivity index (χ3v) is 7.31. The molecular formula is C34H43N5O4. The lowest BCUT2D eigenvalue weighted by molar-refractivity contribution is -0.145. The molecule has 1 N–H and O–H groups in total. The quantitative estimate of drug-likeness (QED) is 0.358. The zero-order valence-electron chi connectivity index (χ0n) is 25.9. The number of carbonyl (C=O) groups excluding carboxylic acids is 3. The molecule has 0 aromatic heterocycles. The van der Waals surface area contributed by atoms with Crippen LogP contribution in [0.25, 0.3) is 0 Å². The minimum absolute atomic E-state index is 0.0121. The molecule has 0 radical (unpaired) electrons. The number of rotatable bonds is 11. The summed E-state index contributed by atoms with van der Waals surface area (Å²) in [5.41, 5.74) is 4.82. The van der Waals surface area contributed by atoms with Gasteiger partial charge in [0, 0.05) is 46.0 Å². The second-order valence-electron chi connectivity index (χ2n) is 11.9. The average molecular weight is 586 g/mol. The molecule has 3 amide bonds. The molecule has 4 rings (SSSR count). The Labute approximate surface area is 255 Å². The van der Waals surface area contributed by atoms with E-state index in [9.17, 15) is 14.4 Å². The molecule has 0 fully saturated rings. The fourth-order valence-electron chi connectivity index (χ4n) is 4.98. The SMILES string of the molecule is CN(CCNC(=O)CN(CC(=O)N(C)N1Cc2ccccc2C1)c1ccccc1Cc1ccccc1)C(=O)OC(C)(C)C. The Morgan fingerprint density at radius 3 is 2.09 bits per heavy atom. The van der Waals surface area contributed by atoms with Crippen molar-refractivity contribution in [1.82, 2.24) is 20.2 Å². The fraction of sp³-hybridized carbons (Fsp3) is 0.382. The summed E-state index contributed by atoms with van der Waals surface area (Å²) in [5, 5.41) is 6.59. The fourth-order valence-corrected chi connectivity index (χ4v) is 4.98. The van der Waals surface area contributed by atoms with Gasteiger partial charge in [0.15, 0.2) is 0 Å². The van der Waals surface area contributed by atoms with E-state index in [1.54, 1.807) is 19.1 Å². The predicted octanol–water partition coefficient (Wildman–Crippen LogP) is 4.46. The van der Waals surface area contributed by atoms with E-state index in [0.717, 1.165) is 16.8 Å². The number of hydrogen-bond acceptors (Lipinski definition) is 6. The molecule has 43 heavy (non-hydrogen) atoms. The number of fused-ring (bicyclic) bond motifs is 1. The number of benzene rings is 3. The molecule has 9 heteroatoms. The molecule has 1 aliphatic heterocycles. The minimum atomic E-state index is -0.597. The van der Waals surface area contributed by atoms with Crippen molar-refractivity contribution in [1.29, 1.82) is 0 Å². The van der Waals surface area contributed by atoms with Gasteiger partial charge in [-0.3, -0.25) is 14.6 Å². The Balaban J connectivity index is 1.46. The summed E-state index contributed by atoms with van der Waals surface area (Å²) in [7, 11) is 3.42. The van der Waals surface area contributed by atoms with Crippen LogP contribution in [-0.4, -0.2) is 78.7 Å². The van der Waals surface area contributed by atoms with Gasteiger partial charge in [0.2, 0.25) is 5.91 Å². The number of anilines is 1. The summed E-state index contributed by atoms with van der Waals surface area (Å²) in [5.74, 6) is -0.351. The number of hydrazine groups is 1. The van der Waals surface area contributed by atoms with Crippen LogP contribution in [0.4, 0.5) is 10.5 Å². The molecule has 1 heterocycles. The number of likely N-dealkylation sites (N-methyl/N-ethyl adjacent to an activating group) is 2. The van der Waals surface area contributed by atoms with E-state index in [2.05, 4.69) is 29.6 Å². The summed E-state index contributed by atoms with van der Waals surface area (Å²) in [4.78, 5) is 42.4. The second-order valence-corrected chi connectivity index (χ2v) is 11.9. The number of amides is 3. The maximum absolute atomic E-state index is 13.7. The number of nitrogens with zero attached hydrogens (tertiary/aromatic N) is 4. The van der Waals surface area contributed by atoms with E-state index in [1.165, 1.54) is 16.0 Å². The first kappa shape index (κ1) is 31.6. The van der Waals surface area contributed by atoms with Gasteiger partial charge < -0.3 is 19.9 Å². The highest BCUT2D eigenvalue weighted by Crippen LogP contribution is 2.26. The number of hydrogen-bond donors (Lipinski definition) is 1. The van der Waals surface area contributed by atoms with Crippen LogP contribution in [0.15, 0.2) is 78.9 Å². The standard InChI is InChI=1S/C34H43N5O4/c1-34(2,3)43-33(42)36(4)20-19-35-31(40)24-38(30-18-12-11-15-27(30)21-26-13-7-6-8-14-26)25-32(41)37(5)39-22-28-16-9-10-17-29(28)23-39/h6-18H,19-25H2,1-5H3,(H,35,40). The van der Waals surface area contributed by atoms with E-state index >= 15 is 0 Å². The van der Waals surface area contributed by atoms with Crippen molar-refractivity contribution in [3.8, 4) is 0 Å². The van der Waals surface area contributed by atoms with Crippen LogP contribution in [0.3, 0.4) is 0 Å². The van der Waals surface area contributed by atoms with Gasteiger partial charge in [-0.15, -0.1) is 0 Å². The predicted molar refractivity (Wildman–Crippen MR) is 168 cm³/mol. The van der Waals surface area contributed by atoms with Crippen molar-refractivity contribution in [2.45, 2.75) is 45.9 Å². The van der Waals surface area contributed by atoms with Gasteiger partial charge in [0.05, 0.1) is 13.1 Å². The molecule has 228 valence electrons. The van der Waals surface area contributed by atoms with Crippen molar-refractivity contribution < 1.29 is 19.1 Å². The molecule has 3 aromatic rings. The molecule has 0 bridgehead atoms. The Hall–Kier alpha value is -4.37. The Morgan fingerprint density at radius 2 is 1.44 bits per heavy atom. The Bertz CT molecular complexity index is 1380. The van der Waals surface area contributed by atoms with Crippen LogP contribution in [0.2, 0.25) is 0 Å². The van der Waals surface area contributed by atoms with E-state index in [1.807, 2.05) is 85.3 Å². The van der Waals surface area contributed by atoms with Crippen LogP contribution in [0.5, 0.6) is 0 Å². The average Bonchev–Trinajstić information content (AvgIpc) is 3.41. The zero-order chi connectivity index (χ0) is 31.0. The molecular weight excluding hydrogens is 542 g/mol. The lowest BCUT2D eigenvalue weighted by Crippen LogP contribution is -2.48. The van der Waals surface area contributed by atoms with E-state index in [4.69, 9.17) is 4.74 Å². The van der Waals surface area contributed by atoms with Gasteiger partial charge in [-0.05, 0) is 55.5 Å². The molecule has 9 nitrogen and oxygen atoms in total. The van der Waals surface area contributed by atoms with Crippen LogP contribution >= 0.6 is 0 Å². The van der Waals surface area contributed by atoms with E-state index < -0.39 is 11.7 Å². The number of ether oxygens (including phenoxy) is 1. The van der Waals surface area contributed by atoms with Gasteiger partial charge in [-0.25, -0.2) is 9.80 Å². The van der Waals surface area contributed by atoms with Crippen LogP contribution in [0, 0.1) is 0 Å². The maximum Gasteiger partial charge on any atom is 0.410 e. The monoisotopic (exact) mass is 585 g/mol.